The highest BCUT2D eigenvalue weighted by Gasteiger charge is 2.34. The van der Waals surface area contributed by atoms with E-state index in [9.17, 15) is 12.8 Å². The third kappa shape index (κ3) is 3.82. The van der Waals surface area contributed by atoms with Crippen molar-refractivity contribution in [3.8, 4) is 11.8 Å². The first-order valence-electron chi connectivity index (χ1n) is 6.89. The molecular formula is C15H19FN2O2S. The standard InChI is InChI=1S/C15H19FN2O2S/c1-15(8-2-3-9-15)18-21(19,20)14-7-6-13(16)11-12(14)5-4-10-17/h6-7,11,18H,2-3,8-10,17H2,1H3. The van der Waals surface area contributed by atoms with E-state index in [0.29, 0.717) is 0 Å². The Hall–Kier alpha value is -1.42. The van der Waals surface area contributed by atoms with Gasteiger partial charge in [-0.25, -0.2) is 17.5 Å². The number of benzene rings is 1. The maximum atomic E-state index is 13.3. The van der Waals surface area contributed by atoms with Crippen molar-refractivity contribution in [3.63, 3.8) is 0 Å². The summed E-state index contributed by atoms with van der Waals surface area (Å²) >= 11 is 0. The Morgan fingerprint density at radius 1 is 1.38 bits per heavy atom. The highest BCUT2D eigenvalue weighted by atomic mass is 32.2. The molecule has 0 aliphatic heterocycles. The average Bonchev–Trinajstić information content (AvgIpc) is 2.81. The molecule has 1 aromatic rings. The summed E-state index contributed by atoms with van der Waals surface area (Å²) in [5.41, 5.74) is 4.99. The van der Waals surface area contributed by atoms with Gasteiger partial charge in [0, 0.05) is 11.1 Å². The molecule has 0 bridgehead atoms. The van der Waals surface area contributed by atoms with Gasteiger partial charge in [-0.3, -0.25) is 0 Å². The first-order chi connectivity index (χ1) is 9.86. The van der Waals surface area contributed by atoms with Gasteiger partial charge in [0.1, 0.15) is 5.82 Å². The van der Waals surface area contributed by atoms with Crippen LogP contribution in [0.25, 0.3) is 0 Å². The van der Waals surface area contributed by atoms with E-state index in [2.05, 4.69) is 16.6 Å². The molecule has 0 radical (unpaired) electrons. The Bertz CT molecular complexity index is 683. The molecule has 21 heavy (non-hydrogen) atoms. The summed E-state index contributed by atoms with van der Waals surface area (Å²) in [5, 5.41) is 0. The second kappa shape index (κ2) is 6.14. The molecule has 0 aromatic heterocycles. The van der Waals surface area contributed by atoms with E-state index in [1.54, 1.807) is 0 Å². The lowest BCUT2D eigenvalue weighted by atomic mass is 10.0. The average molecular weight is 310 g/mol. The first kappa shape index (κ1) is 16.0. The van der Waals surface area contributed by atoms with Gasteiger partial charge in [0.2, 0.25) is 10.0 Å². The van der Waals surface area contributed by atoms with E-state index in [0.717, 1.165) is 37.8 Å². The molecule has 4 nitrogen and oxygen atoms in total. The van der Waals surface area contributed by atoms with Crippen LogP contribution in [0.15, 0.2) is 23.1 Å². The maximum absolute atomic E-state index is 13.3. The summed E-state index contributed by atoms with van der Waals surface area (Å²) in [4.78, 5) is -0.00188. The van der Waals surface area contributed by atoms with Crippen LogP contribution < -0.4 is 10.5 Å². The van der Waals surface area contributed by atoms with Gasteiger partial charge in [-0.15, -0.1) is 0 Å². The van der Waals surface area contributed by atoms with Crippen LogP contribution in [0.5, 0.6) is 0 Å². The second-order valence-corrected chi connectivity index (χ2v) is 7.17. The molecule has 1 aromatic carbocycles. The van der Waals surface area contributed by atoms with Gasteiger partial charge >= 0.3 is 0 Å². The highest BCUT2D eigenvalue weighted by Crippen LogP contribution is 2.31. The Morgan fingerprint density at radius 3 is 2.67 bits per heavy atom. The topological polar surface area (TPSA) is 72.2 Å². The van der Waals surface area contributed by atoms with Gasteiger partial charge in [0.25, 0.3) is 0 Å². The minimum Gasteiger partial charge on any atom is -0.320 e. The lowest BCUT2D eigenvalue weighted by molar-refractivity contribution is 0.427. The minimum atomic E-state index is -3.74. The Morgan fingerprint density at radius 2 is 2.05 bits per heavy atom. The Labute approximate surface area is 125 Å². The molecule has 0 amide bonds. The summed E-state index contributed by atoms with van der Waals surface area (Å²) in [7, 11) is -3.74. The number of hydrogen-bond donors (Lipinski definition) is 2. The fourth-order valence-corrected chi connectivity index (χ4v) is 4.23. The maximum Gasteiger partial charge on any atom is 0.242 e. The van der Waals surface area contributed by atoms with Crippen LogP contribution in [0.4, 0.5) is 4.39 Å². The second-order valence-electron chi connectivity index (χ2n) is 5.52. The van der Waals surface area contributed by atoms with E-state index in [1.165, 1.54) is 6.07 Å². The quantitative estimate of drug-likeness (QED) is 0.835. The summed E-state index contributed by atoms with van der Waals surface area (Å²) in [6, 6.07) is 3.49. The number of rotatable bonds is 3. The van der Waals surface area contributed by atoms with Crippen LogP contribution in [0, 0.1) is 17.7 Å². The monoisotopic (exact) mass is 310 g/mol. The van der Waals surface area contributed by atoms with E-state index in [-0.39, 0.29) is 17.0 Å². The van der Waals surface area contributed by atoms with Crippen LogP contribution in [0.1, 0.15) is 38.2 Å². The fraction of sp³-hybridized carbons (Fsp3) is 0.467. The first-order valence-corrected chi connectivity index (χ1v) is 8.37. The number of sulfonamides is 1. The Kier molecular flexibility index (Phi) is 4.67. The molecule has 1 aliphatic rings. The number of halogens is 1. The van der Waals surface area contributed by atoms with Gasteiger partial charge in [0.15, 0.2) is 0 Å². The van der Waals surface area contributed by atoms with E-state index < -0.39 is 21.4 Å². The number of nitrogens with one attached hydrogen (secondary N) is 1. The van der Waals surface area contributed by atoms with E-state index in [1.807, 2.05) is 6.92 Å². The summed E-state index contributed by atoms with van der Waals surface area (Å²) in [5.74, 6) is 4.66. The van der Waals surface area contributed by atoms with Gasteiger partial charge in [-0.05, 0) is 38.0 Å². The summed E-state index contributed by atoms with van der Waals surface area (Å²) in [6.07, 6.45) is 3.61. The molecule has 3 N–H and O–H groups in total. The summed E-state index contributed by atoms with van der Waals surface area (Å²) < 4.78 is 41.2. The van der Waals surface area contributed by atoms with Crippen molar-refractivity contribution in [2.24, 2.45) is 5.73 Å². The van der Waals surface area contributed by atoms with Crippen molar-refractivity contribution >= 4 is 10.0 Å². The van der Waals surface area contributed by atoms with Crippen molar-refractivity contribution in [2.45, 2.75) is 43.0 Å². The zero-order valence-electron chi connectivity index (χ0n) is 11.9. The number of nitrogens with two attached hydrogens (primary N) is 1. The predicted octanol–water partition coefficient (Wildman–Crippen LogP) is 1.75. The predicted molar refractivity (Wildman–Crippen MR) is 79.5 cm³/mol. The molecular weight excluding hydrogens is 291 g/mol. The summed E-state index contributed by atoms with van der Waals surface area (Å²) in [6.45, 7) is 1.98. The lowest BCUT2D eigenvalue weighted by Gasteiger charge is -2.25. The molecule has 114 valence electrons. The van der Waals surface area contributed by atoms with E-state index in [4.69, 9.17) is 5.73 Å². The lowest BCUT2D eigenvalue weighted by Crippen LogP contribution is -2.43. The molecule has 0 unspecified atom stereocenters. The molecule has 6 heteroatoms. The van der Waals surface area contributed by atoms with Crippen molar-refractivity contribution < 1.29 is 12.8 Å². The van der Waals surface area contributed by atoms with Gasteiger partial charge < -0.3 is 5.73 Å². The van der Waals surface area contributed by atoms with Crippen LogP contribution >= 0.6 is 0 Å². The zero-order chi connectivity index (χ0) is 15.5. The van der Waals surface area contributed by atoms with Crippen LogP contribution in [-0.2, 0) is 10.0 Å². The van der Waals surface area contributed by atoms with Crippen LogP contribution in [0.2, 0.25) is 0 Å². The minimum absolute atomic E-state index is 0.00188. The SMILES string of the molecule is CC1(NS(=O)(=O)c2ccc(F)cc2C#CCN)CCCC1. The van der Waals surface area contributed by atoms with Crippen molar-refractivity contribution in [3.05, 3.63) is 29.6 Å². The fourth-order valence-electron chi connectivity index (χ4n) is 2.62. The molecule has 2 rings (SSSR count). The Balaban J connectivity index is 2.39. The number of hydrogen-bond acceptors (Lipinski definition) is 3. The molecule has 0 spiro atoms. The van der Waals surface area contributed by atoms with Crippen molar-refractivity contribution in [1.82, 2.24) is 4.72 Å². The van der Waals surface area contributed by atoms with Gasteiger partial charge in [-0.2, -0.15) is 0 Å². The molecule has 0 heterocycles. The highest BCUT2D eigenvalue weighted by molar-refractivity contribution is 7.89. The third-order valence-corrected chi connectivity index (χ3v) is 5.34. The molecule has 1 fully saturated rings. The smallest absolute Gasteiger partial charge is 0.242 e. The molecule has 1 saturated carbocycles. The van der Waals surface area contributed by atoms with Gasteiger partial charge in [0.05, 0.1) is 11.4 Å². The molecule has 1 aliphatic carbocycles. The normalized spacial score (nSPS) is 17.3. The van der Waals surface area contributed by atoms with Crippen LogP contribution in [0.3, 0.4) is 0 Å². The van der Waals surface area contributed by atoms with E-state index >= 15 is 0 Å². The largest absolute Gasteiger partial charge is 0.320 e. The van der Waals surface area contributed by atoms with Crippen molar-refractivity contribution in [1.29, 1.82) is 0 Å². The third-order valence-electron chi connectivity index (χ3n) is 3.64. The molecule has 0 atom stereocenters. The van der Waals surface area contributed by atoms with Crippen LogP contribution in [-0.4, -0.2) is 20.5 Å². The van der Waals surface area contributed by atoms with Gasteiger partial charge in [-0.1, -0.05) is 24.7 Å². The zero-order valence-corrected chi connectivity index (χ0v) is 12.8. The molecule has 0 saturated heterocycles. The van der Waals surface area contributed by atoms with Crippen molar-refractivity contribution in [2.75, 3.05) is 6.54 Å².